The molecule has 1 amide bonds. The zero-order valence-corrected chi connectivity index (χ0v) is 17.7. The van der Waals surface area contributed by atoms with E-state index in [0.29, 0.717) is 49.2 Å². The third kappa shape index (κ3) is 4.99. The molecule has 9 heteroatoms. The predicted molar refractivity (Wildman–Crippen MR) is 115 cm³/mol. The summed E-state index contributed by atoms with van der Waals surface area (Å²) in [5.74, 6) is -0.773. The molecule has 3 rings (SSSR count). The number of nitrogens with two attached hydrogens (primary N) is 1. The third-order valence-electron chi connectivity index (χ3n) is 5.63. The van der Waals surface area contributed by atoms with Gasteiger partial charge in [0, 0.05) is 30.4 Å². The van der Waals surface area contributed by atoms with Crippen LogP contribution in [0.1, 0.15) is 48.5 Å². The van der Waals surface area contributed by atoms with Crippen LogP contribution in [0.5, 0.6) is 5.88 Å². The van der Waals surface area contributed by atoms with Crippen LogP contribution >= 0.6 is 0 Å². The van der Waals surface area contributed by atoms with Gasteiger partial charge in [-0.2, -0.15) is 4.98 Å². The number of ether oxygens (including phenoxy) is 1. The second-order valence-corrected chi connectivity index (χ2v) is 7.60. The highest BCUT2D eigenvalue weighted by Gasteiger charge is 2.31. The monoisotopic (exact) mass is 425 g/mol. The minimum atomic E-state index is -0.772. The molecule has 1 heterocycles. The van der Waals surface area contributed by atoms with Gasteiger partial charge in [0.1, 0.15) is 11.4 Å². The fraction of sp³-hybridized carbons (Fsp3) is 0.409. The van der Waals surface area contributed by atoms with Crippen molar-refractivity contribution >= 4 is 17.7 Å². The van der Waals surface area contributed by atoms with Crippen molar-refractivity contribution in [2.75, 3.05) is 13.7 Å². The molecule has 2 aromatic rings. The summed E-state index contributed by atoms with van der Waals surface area (Å²) >= 11 is 0. The van der Waals surface area contributed by atoms with Gasteiger partial charge in [0.25, 0.3) is 5.91 Å². The number of amides is 1. The van der Waals surface area contributed by atoms with Gasteiger partial charge in [0.2, 0.25) is 5.88 Å². The molecule has 31 heavy (non-hydrogen) atoms. The van der Waals surface area contributed by atoms with Crippen molar-refractivity contribution in [1.29, 1.82) is 5.41 Å². The Hall–Kier alpha value is -3.49. The summed E-state index contributed by atoms with van der Waals surface area (Å²) in [5, 5.41) is 16.7. The Morgan fingerprint density at radius 2 is 1.87 bits per heavy atom. The molecule has 1 aliphatic rings. The van der Waals surface area contributed by atoms with E-state index in [2.05, 4.69) is 9.97 Å². The van der Waals surface area contributed by atoms with Gasteiger partial charge >= 0.3 is 5.97 Å². The zero-order chi connectivity index (χ0) is 22.5. The summed E-state index contributed by atoms with van der Waals surface area (Å²) in [6.07, 6.45) is 3.87. The van der Waals surface area contributed by atoms with Crippen LogP contribution in [0.4, 0.5) is 0 Å². The Bertz CT molecular complexity index is 968. The number of carboxylic acids is 1. The Balaban J connectivity index is 1.81. The second kappa shape index (κ2) is 9.55. The number of amidine groups is 1. The van der Waals surface area contributed by atoms with Crippen LogP contribution in [0.25, 0.3) is 11.4 Å². The van der Waals surface area contributed by atoms with Crippen LogP contribution in [0.3, 0.4) is 0 Å². The van der Waals surface area contributed by atoms with E-state index in [9.17, 15) is 14.7 Å². The van der Waals surface area contributed by atoms with E-state index in [1.807, 2.05) is 6.92 Å². The fourth-order valence-corrected chi connectivity index (χ4v) is 3.76. The number of hydrogen-bond donors (Lipinski definition) is 3. The van der Waals surface area contributed by atoms with Gasteiger partial charge < -0.3 is 20.5 Å². The standard InChI is InChI=1S/C22H27N5O4/c1-3-31-20-17(21(28)27(2)16-10-8-15(9-11-16)22(29)30)12-25-19(26-20)14-6-4-13(5-7-14)18(23)24/h4-7,12,15-16H,3,8-11H2,1-2H3,(H3,23,24)(H,29,30)/t15-,16-. The van der Waals surface area contributed by atoms with Gasteiger partial charge in [0.15, 0.2) is 5.82 Å². The molecule has 0 radical (unpaired) electrons. The molecule has 1 aliphatic carbocycles. The van der Waals surface area contributed by atoms with E-state index in [4.69, 9.17) is 15.9 Å². The maximum atomic E-state index is 13.1. The lowest BCUT2D eigenvalue weighted by molar-refractivity contribution is -0.143. The maximum Gasteiger partial charge on any atom is 0.306 e. The quantitative estimate of drug-likeness (QED) is 0.457. The molecule has 0 bridgehead atoms. The van der Waals surface area contributed by atoms with E-state index in [1.165, 1.54) is 6.20 Å². The highest BCUT2D eigenvalue weighted by atomic mass is 16.5. The lowest BCUT2D eigenvalue weighted by atomic mass is 9.85. The van der Waals surface area contributed by atoms with Gasteiger partial charge in [-0.25, -0.2) is 4.98 Å². The smallest absolute Gasteiger partial charge is 0.306 e. The molecule has 164 valence electrons. The lowest BCUT2D eigenvalue weighted by Gasteiger charge is -2.33. The average molecular weight is 425 g/mol. The van der Waals surface area contributed by atoms with Crippen LogP contribution < -0.4 is 10.5 Å². The summed E-state index contributed by atoms with van der Waals surface area (Å²) in [4.78, 5) is 34.7. The number of nitrogens with one attached hydrogen (secondary N) is 1. The number of rotatable bonds is 7. The summed E-state index contributed by atoms with van der Waals surface area (Å²) < 4.78 is 5.64. The number of nitrogen functional groups attached to an aromatic ring is 1. The number of aliphatic carboxylic acids is 1. The summed E-state index contributed by atoms with van der Waals surface area (Å²) in [6.45, 7) is 2.15. The Morgan fingerprint density at radius 3 is 2.42 bits per heavy atom. The van der Waals surface area contributed by atoms with Gasteiger partial charge in [-0.3, -0.25) is 15.0 Å². The first kappa shape index (κ1) is 22.2. The number of nitrogens with zero attached hydrogens (tertiary/aromatic N) is 3. The van der Waals surface area contributed by atoms with E-state index >= 15 is 0 Å². The van der Waals surface area contributed by atoms with Gasteiger partial charge in [-0.1, -0.05) is 24.3 Å². The number of carboxylic acid groups (broad SMARTS) is 1. The first-order valence-corrected chi connectivity index (χ1v) is 10.3. The van der Waals surface area contributed by atoms with Crippen molar-refractivity contribution in [2.45, 2.75) is 38.6 Å². The van der Waals surface area contributed by atoms with E-state index < -0.39 is 5.97 Å². The number of carbonyl (C=O) groups is 2. The van der Waals surface area contributed by atoms with Crippen LogP contribution in [0, 0.1) is 11.3 Å². The molecule has 0 spiro atoms. The van der Waals surface area contributed by atoms with Crippen molar-refractivity contribution < 1.29 is 19.4 Å². The summed E-state index contributed by atoms with van der Waals surface area (Å²) in [5.41, 5.74) is 7.07. The first-order chi connectivity index (χ1) is 14.8. The fourth-order valence-electron chi connectivity index (χ4n) is 3.76. The summed E-state index contributed by atoms with van der Waals surface area (Å²) in [6, 6.07) is 6.91. The minimum Gasteiger partial charge on any atom is -0.481 e. The maximum absolute atomic E-state index is 13.1. The Morgan fingerprint density at radius 1 is 1.23 bits per heavy atom. The minimum absolute atomic E-state index is 0.0242. The van der Waals surface area contributed by atoms with Gasteiger partial charge in [0.05, 0.1) is 12.5 Å². The molecule has 9 nitrogen and oxygen atoms in total. The molecule has 0 saturated heterocycles. The highest BCUT2D eigenvalue weighted by molar-refractivity contribution is 5.96. The first-order valence-electron chi connectivity index (χ1n) is 10.3. The SMILES string of the molecule is CCOc1nc(-c2ccc(C(=N)N)cc2)ncc1C(=O)N(C)[C@H]1CC[C@H](C(=O)O)CC1. The number of benzene rings is 1. The number of aromatic nitrogens is 2. The van der Waals surface area contributed by atoms with Crippen molar-refractivity contribution in [1.82, 2.24) is 14.9 Å². The molecular weight excluding hydrogens is 398 g/mol. The molecule has 1 aromatic carbocycles. The van der Waals surface area contributed by atoms with Crippen LogP contribution in [0.15, 0.2) is 30.5 Å². The van der Waals surface area contributed by atoms with E-state index in [0.717, 1.165) is 0 Å². The Labute approximate surface area is 180 Å². The van der Waals surface area contributed by atoms with Crippen LogP contribution in [-0.2, 0) is 4.79 Å². The normalized spacial score (nSPS) is 18.3. The van der Waals surface area contributed by atoms with Gasteiger partial charge in [-0.15, -0.1) is 0 Å². The largest absolute Gasteiger partial charge is 0.481 e. The van der Waals surface area contributed by atoms with Crippen LogP contribution in [-0.4, -0.2) is 57.4 Å². The summed E-state index contributed by atoms with van der Waals surface area (Å²) in [7, 11) is 1.72. The topological polar surface area (TPSA) is 142 Å². The van der Waals surface area contributed by atoms with Crippen LogP contribution in [0.2, 0.25) is 0 Å². The lowest BCUT2D eigenvalue weighted by Crippen LogP contribution is -2.40. The molecule has 1 aromatic heterocycles. The second-order valence-electron chi connectivity index (χ2n) is 7.60. The molecule has 0 atom stereocenters. The van der Waals surface area contributed by atoms with Crippen molar-refractivity contribution in [2.24, 2.45) is 11.7 Å². The number of carbonyl (C=O) groups excluding carboxylic acids is 1. The molecule has 1 saturated carbocycles. The van der Waals surface area contributed by atoms with E-state index in [1.54, 1.807) is 36.2 Å². The average Bonchev–Trinajstić information content (AvgIpc) is 2.78. The van der Waals surface area contributed by atoms with Crippen molar-refractivity contribution in [3.8, 4) is 17.3 Å². The van der Waals surface area contributed by atoms with Crippen molar-refractivity contribution in [3.63, 3.8) is 0 Å². The molecule has 1 fully saturated rings. The molecular formula is C22H27N5O4. The molecule has 0 aliphatic heterocycles. The molecule has 4 N–H and O–H groups in total. The Kier molecular flexibility index (Phi) is 6.84. The highest BCUT2D eigenvalue weighted by Crippen LogP contribution is 2.29. The molecule has 0 unspecified atom stereocenters. The number of hydrogen-bond acceptors (Lipinski definition) is 6. The zero-order valence-electron chi connectivity index (χ0n) is 17.7. The third-order valence-corrected chi connectivity index (χ3v) is 5.63. The van der Waals surface area contributed by atoms with Crippen molar-refractivity contribution in [3.05, 3.63) is 41.6 Å². The predicted octanol–water partition coefficient (Wildman–Crippen LogP) is 2.54. The van der Waals surface area contributed by atoms with Gasteiger partial charge in [-0.05, 0) is 32.6 Å². The van der Waals surface area contributed by atoms with E-state index in [-0.39, 0.29) is 35.1 Å².